The van der Waals surface area contributed by atoms with Gasteiger partial charge in [0, 0.05) is 55.0 Å². The van der Waals surface area contributed by atoms with Crippen molar-refractivity contribution in [1.29, 1.82) is 0 Å². The number of benzene rings is 8. The van der Waals surface area contributed by atoms with E-state index in [9.17, 15) is 0 Å². The molecule has 3 heterocycles. The summed E-state index contributed by atoms with van der Waals surface area (Å²) in [5.41, 5.74) is 17.3. The minimum Gasteiger partial charge on any atom is -0.309 e. The molecule has 8 aromatic carbocycles. The molecule has 0 bridgehead atoms. The minimum absolute atomic E-state index is 0.0927. The summed E-state index contributed by atoms with van der Waals surface area (Å²) < 4.78 is 4.93. The van der Waals surface area contributed by atoms with E-state index in [1.165, 1.54) is 71.6 Å². The van der Waals surface area contributed by atoms with Crippen LogP contribution in [0.5, 0.6) is 0 Å². The van der Waals surface area contributed by atoms with Crippen molar-refractivity contribution < 1.29 is 0 Å². The minimum atomic E-state index is -0.0927. The van der Waals surface area contributed by atoms with Gasteiger partial charge in [-0.3, -0.25) is 0 Å². The molecule has 0 unspecified atom stereocenters. The standard InChI is InChI=1S/C55H38N4/c1-55(2)45-22-12-9-19-40(45)41-30-29-39(33-46(41)55)58-50-24-14-11-21-44(50)52-51(58)32-31-43-42-20-10-13-23-49(42)59(53(43)52)38-27-25-36(26-28-38)48-34-47(35-15-5-3-6-16-35)56-54(57-48)37-17-7-4-8-18-37/h3-34H,1-2H3. The molecular formula is C55H38N4. The predicted octanol–water partition coefficient (Wildman–Crippen LogP) is 14.0. The lowest BCUT2D eigenvalue weighted by Gasteiger charge is -2.22. The van der Waals surface area contributed by atoms with Gasteiger partial charge < -0.3 is 9.13 Å². The van der Waals surface area contributed by atoms with E-state index < -0.39 is 0 Å². The number of para-hydroxylation sites is 2. The first-order valence-electron chi connectivity index (χ1n) is 20.3. The van der Waals surface area contributed by atoms with Crippen LogP contribution in [-0.4, -0.2) is 19.1 Å². The Labute approximate surface area is 342 Å². The summed E-state index contributed by atoms with van der Waals surface area (Å²) in [5.74, 6) is 0.712. The molecule has 0 aliphatic heterocycles. The van der Waals surface area contributed by atoms with Crippen LogP contribution < -0.4 is 0 Å². The van der Waals surface area contributed by atoms with Crippen molar-refractivity contribution in [2.75, 3.05) is 0 Å². The molecule has 1 aliphatic carbocycles. The van der Waals surface area contributed by atoms with Gasteiger partial charge >= 0.3 is 0 Å². The molecule has 0 saturated carbocycles. The second kappa shape index (κ2) is 12.7. The Morgan fingerprint density at radius 2 is 0.966 bits per heavy atom. The van der Waals surface area contributed by atoms with Gasteiger partial charge in [-0.15, -0.1) is 0 Å². The smallest absolute Gasteiger partial charge is 0.160 e. The van der Waals surface area contributed by atoms with Crippen LogP contribution in [0.25, 0.3) is 100 Å². The lowest BCUT2D eigenvalue weighted by Crippen LogP contribution is -2.15. The number of aromatic nitrogens is 4. The maximum atomic E-state index is 5.12. The Bertz CT molecular complexity index is 3390. The average molecular weight is 755 g/mol. The van der Waals surface area contributed by atoms with Crippen molar-refractivity contribution in [1.82, 2.24) is 19.1 Å². The lowest BCUT2D eigenvalue weighted by molar-refractivity contribution is 0.660. The first-order valence-corrected chi connectivity index (χ1v) is 20.3. The highest BCUT2D eigenvalue weighted by Gasteiger charge is 2.35. The van der Waals surface area contributed by atoms with Crippen LogP contribution in [0.3, 0.4) is 0 Å². The molecule has 0 atom stereocenters. The number of hydrogen-bond acceptors (Lipinski definition) is 2. The molecule has 11 aromatic rings. The van der Waals surface area contributed by atoms with Crippen molar-refractivity contribution in [2.45, 2.75) is 19.3 Å². The number of rotatable bonds is 5. The lowest BCUT2D eigenvalue weighted by atomic mass is 9.82. The van der Waals surface area contributed by atoms with E-state index in [0.29, 0.717) is 5.82 Å². The third-order valence-electron chi connectivity index (χ3n) is 12.5. The highest BCUT2D eigenvalue weighted by atomic mass is 15.0. The normalized spacial score (nSPS) is 13.1. The number of fused-ring (bicyclic) bond motifs is 10. The summed E-state index contributed by atoms with van der Waals surface area (Å²) in [6, 6.07) is 69.9. The Morgan fingerprint density at radius 1 is 0.390 bits per heavy atom. The summed E-state index contributed by atoms with van der Waals surface area (Å²) in [6.07, 6.45) is 0. The molecule has 59 heavy (non-hydrogen) atoms. The zero-order valence-corrected chi connectivity index (χ0v) is 32.8. The van der Waals surface area contributed by atoms with Crippen molar-refractivity contribution in [2.24, 2.45) is 0 Å². The highest BCUT2D eigenvalue weighted by molar-refractivity contribution is 6.26. The van der Waals surface area contributed by atoms with Crippen LogP contribution in [0.2, 0.25) is 0 Å². The topological polar surface area (TPSA) is 35.6 Å². The second-order valence-corrected chi connectivity index (χ2v) is 16.2. The Balaban J connectivity index is 1.06. The molecule has 0 amide bonds. The molecule has 0 saturated heterocycles. The summed E-state index contributed by atoms with van der Waals surface area (Å²) in [4.78, 5) is 10.1. The molecule has 0 spiro atoms. The molecule has 0 N–H and O–H groups in total. The van der Waals surface area contributed by atoms with Crippen molar-refractivity contribution >= 4 is 43.6 Å². The summed E-state index contributed by atoms with van der Waals surface area (Å²) in [7, 11) is 0. The molecule has 4 heteroatoms. The van der Waals surface area contributed by atoms with Gasteiger partial charge in [0.2, 0.25) is 0 Å². The van der Waals surface area contributed by atoms with E-state index in [1.54, 1.807) is 0 Å². The first kappa shape index (κ1) is 33.6. The molecule has 278 valence electrons. The van der Waals surface area contributed by atoms with E-state index in [1.807, 2.05) is 24.3 Å². The van der Waals surface area contributed by atoms with Gasteiger partial charge in [-0.2, -0.15) is 0 Å². The van der Waals surface area contributed by atoms with Gasteiger partial charge in [0.25, 0.3) is 0 Å². The fourth-order valence-electron chi connectivity index (χ4n) is 9.74. The van der Waals surface area contributed by atoms with Gasteiger partial charge in [-0.25, -0.2) is 9.97 Å². The molecule has 3 aromatic heterocycles. The third-order valence-corrected chi connectivity index (χ3v) is 12.5. The predicted molar refractivity (Wildman–Crippen MR) is 245 cm³/mol. The maximum Gasteiger partial charge on any atom is 0.160 e. The zero-order chi connectivity index (χ0) is 39.2. The number of hydrogen-bond donors (Lipinski definition) is 0. The van der Waals surface area contributed by atoms with Gasteiger partial charge in [-0.05, 0) is 70.8 Å². The van der Waals surface area contributed by atoms with Crippen molar-refractivity contribution in [3.05, 3.63) is 205 Å². The second-order valence-electron chi connectivity index (χ2n) is 16.2. The Morgan fingerprint density at radius 3 is 1.71 bits per heavy atom. The molecule has 4 nitrogen and oxygen atoms in total. The van der Waals surface area contributed by atoms with E-state index >= 15 is 0 Å². The van der Waals surface area contributed by atoms with Gasteiger partial charge in [0.15, 0.2) is 5.82 Å². The van der Waals surface area contributed by atoms with E-state index in [2.05, 4.69) is 193 Å². The Hall–Kier alpha value is -7.56. The van der Waals surface area contributed by atoms with E-state index in [4.69, 9.17) is 9.97 Å². The molecule has 1 aliphatic rings. The third kappa shape index (κ3) is 5.03. The molecular weight excluding hydrogens is 717 g/mol. The molecule has 0 fully saturated rings. The average Bonchev–Trinajstić information content (AvgIpc) is 3.90. The van der Waals surface area contributed by atoms with E-state index in [-0.39, 0.29) is 5.41 Å². The van der Waals surface area contributed by atoms with Gasteiger partial charge in [0.05, 0.1) is 33.5 Å². The van der Waals surface area contributed by atoms with E-state index in [0.717, 1.165) is 33.8 Å². The van der Waals surface area contributed by atoms with Crippen molar-refractivity contribution in [3.63, 3.8) is 0 Å². The quantitative estimate of drug-likeness (QED) is 0.175. The van der Waals surface area contributed by atoms with Crippen LogP contribution in [0.4, 0.5) is 0 Å². The monoisotopic (exact) mass is 754 g/mol. The largest absolute Gasteiger partial charge is 0.309 e. The summed E-state index contributed by atoms with van der Waals surface area (Å²) in [5, 5.41) is 4.96. The van der Waals surface area contributed by atoms with Gasteiger partial charge in [-0.1, -0.05) is 159 Å². The van der Waals surface area contributed by atoms with Crippen LogP contribution in [-0.2, 0) is 5.41 Å². The maximum absolute atomic E-state index is 5.12. The number of nitrogens with zero attached hydrogens (tertiary/aromatic N) is 4. The Kier molecular flexibility index (Phi) is 7.24. The molecule has 12 rings (SSSR count). The van der Waals surface area contributed by atoms with Crippen molar-refractivity contribution in [3.8, 4) is 56.4 Å². The summed E-state index contributed by atoms with van der Waals surface area (Å²) in [6.45, 7) is 4.71. The molecule has 0 radical (unpaired) electrons. The highest BCUT2D eigenvalue weighted by Crippen LogP contribution is 2.50. The summed E-state index contributed by atoms with van der Waals surface area (Å²) >= 11 is 0. The fourth-order valence-corrected chi connectivity index (χ4v) is 9.74. The SMILES string of the molecule is CC1(C)c2ccccc2-c2ccc(-n3c4ccccc4c4c3ccc3c5ccccc5n(-c5ccc(-c6cc(-c7ccccc7)nc(-c7ccccc7)n6)cc5)c34)cc21. The first-order chi connectivity index (χ1) is 29.0. The van der Waals surface area contributed by atoms with Crippen LogP contribution in [0.1, 0.15) is 25.0 Å². The van der Waals surface area contributed by atoms with Crippen LogP contribution in [0.15, 0.2) is 194 Å². The fraction of sp³-hybridized carbons (Fsp3) is 0.0545. The zero-order valence-electron chi connectivity index (χ0n) is 32.8. The van der Waals surface area contributed by atoms with Crippen LogP contribution in [0, 0.1) is 0 Å². The van der Waals surface area contributed by atoms with Crippen LogP contribution >= 0.6 is 0 Å². The van der Waals surface area contributed by atoms with Gasteiger partial charge in [0.1, 0.15) is 0 Å².